The highest BCUT2D eigenvalue weighted by Gasteiger charge is 2.28. The fourth-order valence-electron chi connectivity index (χ4n) is 3.68. The molecule has 21 heavy (non-hydrogen) atoms. The molecule has 0 bridgehead atoms. The summed E-state index contributed by atoms with van der Waals surface area (Å²) in [6.07, 6.45) is 5.35. The van der Waals surface area contributed by atoms with Crippen LogP contribution in [0, 0.1) is 11.8 Å². The second-order valence-electron chi connectivity index (χ2n) is 6.63. The molecule has 0 saturated carbocycles. The monoisotopic (exact) mass is 296 g/mol. The van der Waals surface area contributed by atoms with Crippen LogP contribution in [0.5, 0.6) is 0 Å². The van der Waals surface area contributed by atoms with Gasteiger partial charge < -0.3 is 14.8 Å². The summed E-state index contributed by atoms with van der Waals surface area (Å²) < 4.78 is 10.8. The second kappa shape index (κ2) is 7.56. The molecule has 0 aliphatic carbocycles. The molecule has 1 N–H and O–H groups in total. The van der Waals surface area contributed by atoms with Crippen molar-refractivity contribution in [2.75, 3.05) is 46.1 Å². The molecule has 3 saturated heterocycles. The lowest BCUT2D eigenvalue weighted by Crippen LogP contribution is -2.44. The average molecular weight is 296 g/mol. The molecule has 3 fully saturated rings. The van der Waals surface area contributed by atoms with Crippen molar-refractivity contribution in [1.29, 1.82) is 0 Å². The molecule has 0 spiro atoms. The summed E-state index contributed by atoms with van der Waals surface area (Å²) in [6.45, 7) is 6.47. The second-order valence-corrected chi connectivity index (χ2v) is 6.63. The summed E-state index contributed by atoms with van der Waals surface area (Å²) in [5, 5.41) is 3.17. The van der Waals surface area contributed by atoms with Crippen LogP contribution in [0.2, 0.25) is 0 Å². The molecule has 1 atom stereocenters. The molecular weight excluding hydrogens is 268 g/mol. The number of amides is 1. The third-order valence-corrected chi connectivity index (χ3v) is 5.23. The van der Waals surface area contributed by atoms with Gasteiger partial charge in [0.15, 0.2) is 0 Å². The van der Waals surface area contributed by atoms with Crippen LogP contribution in [0.1, 0.15) is 32.1 Å². The van der Waals surface area contributed by atoms with Crippen molar-refractivity contribution in [1.82, 2.24) is 10.2 Å². The van der Waals surface area contributed by atoms with E-state index >= 15 is 0 Å². The number of hydrogen-bond donors (Lipinski definition) is 1. The SMILES string of the molecule is O=C(NCC1CCN(C2CCOC2)CC1)C1CCOCC1. The number of carbonyl (C=O) groups is 1. The number of likely N-dealkylation sites (tertiary alicyclic amines) is 1. The van der Waals surface area contributed by atoms with Gasteiger partial charge in [0, 0.05) is 38.3 Å². The Hall–Kier alpha value is -0.650. The number of rotatable bonds is 4. The molecule has 0 aromatic heterocycles. The van der Waals surface area contributed by atoms with Crippen molar-refractivity contribution in [2.24, 2.45) is 11.8 Å². The van der Waals surface area contributed by atoms with E-state index in [0.717, 1.165) is 58.9 Å². The van der Waals surface area contributed by atoms with Crippen molar-refractivity contribution in [3.05, 3.63) is 0 Å². The number of nitrogens with zero attached hydrogens (tertiary/aromatic N) is 1. The van der Waals surface area contributed by atoms with Crippen LogP contribution in [0.25, 0.3) is 0 Å². The Labute approximate surface area is 127 Å². The van der Waals surface area contributed by atoms with Gasteiger partial charge in [-0.1, -0.05) is 0 Å². The first-order valence-electron chi connectivity index (χ1n) is 8.50. The standard InChI is InChI=1S/C16H28N2O3/c19-16(14-3-8-20-9-4-14)17-11-13-1-6-18(7-2-13)15-5-10-21-12-15/h13-15H,1-12H2,(H,17,19). The maximum absolute atomic E-state index is 12.1. The fraction of sp³-hybridized carbons (Fsp3) is 0.938. The van der Waals surface area contributed by atoms with E-state index in [9.17, 15) is 4.79 Å². The van der Waals surface area contributed by atoms with Crippen molar-refractivity contribution in [3.63, 3.8) is 0 Å². The van der Waals surface area contributed by atoms with Crippen LogP contribution in [-0.2, 0) is 14.3 Å². The van der Waals surface area contributed by atoms with Gasteiger partial charge in [0.1, 0.15) is 0 Å². The molecule has 1 amide bonds. The van der Waals surface area contributed by atoms with Crippen LogP contribution >= 0.6 is 0 Å². The molecule has 5 heteroatoms. The molecule has 3 aliphatic rings. The normalized spacial score (nSPS) is 29.6. The first-order chi connectivity index (χ1) is 10.3. The Kier molecular flexibility index (Phi) is 5.49. The number of ether oxygens (including phenoxy) is 2. The lowest BCUT2D eigenvalue weighted by molar-refractivity contribution is -0.128. The van der Waals surface area contributed by atoms with Crippen molar-refractivity contribution in [2.45, 2.75) is 38.1 Å². The van der Waals surface area contributed by atoms with E-state index in [1.807, 2.05) is 0 Å². The zero-order valence-corrected chi connectivity index (χ0v) is 12.9. The van der Waals surface area contributed by atoms with Crippen molar-refractivity contribution < 1.29 is 14.3 Å². The highest BCUT2D eigenvalue weighted by Crippen LogP contribution is 2.22. The Morgan fingerprint density at radius 3 is 2.38 bits per heavy atom. The van der Waals surface area contributed by atoms with E-state index in [0.29, 0.717) is 12.0 Å². The minimum Gasteiger partial charge on any atom is -0.381 e. The van der Waals surface area contributed by atoms with Gasteiger partial charge in [0.25, 0.3) is 0 Å². The molecule has 5 nitrogen and oxygen atoms in total. The van der Waals surface area contributed by atoms with Gasteiger partial charge >= 0.3 is 0 Å². The number of piperidine rings is 1. The molecule has 1 unspecified atom stereocenters. The highest BCUT2D eigenvalue weighted by molar-refractivity contribution is 5.78. The maximum atomic E-state index is 12.1. The molecular formula is C16H28N2O3. The topological polar surface area (TPSA) is 50.8 Å². The fourth-order valence-corrected chi connectivity index (χ4v) is 3.68. The van der Waals surface area contributed by atoms with Gasteiger partial charge in [-0.05, 0) is 51.1 Å². The first-order valence-corrected chi connectivity index (χ1v) is 8.50. The largest absolute Gasteiger partial charge is 0.381 e. The van der Waals surface area contributed by atoms with Gasteiger partial charge in [-0.2, -0.15) is 0 Å². The Morgan fingerprint density at radius 2 is 1.71 bits per heavy atom. The summed E-state index contributed by atoms with van der Waals surface area (Å²) in [5.41, 5.74) is 0. The maximum Gasteiger partial charge on any atom is 0.223 e. The van der Waals surface area contributed by atoms with Crippen LogP contribution in [0.3, 0.4) is 0 Å². The van der Waals surface area contributed by atoms with Crippen molar-refractivity contribution in [3.8, 4) is 0 Å². The molecule has 0 aromatic rings. The molecule has 3 heterocycles. The van der Waals surface area contributed by atoms with E-state index < -0.39 is 0 Å². The van der Waals surface area contributed by atoms with Crippen LogP contribution in [-0.4, -0.2) is 62.9 Å². The predicted molar refractivity (Wildman–Crippen MR) is 80.1 cm³/mol. The van der Waals surface area contributed by atoms with Gasteiger partial charge in [0.05, 0.1) is 6.61 Å². The van der Waals surface area contributed by atoms with E-state index in [4.69, 9.17) is 9.47 Å². The molecule has 0 aromatic carbocycles. The van der Waals surface area contributed by atoms with Crippen LogP contribution < -0.4 is 5.32 Å². The molecule has 0 radical (unpaired) electrons. The summed E-state index contributed by atoms with van der Waals surface area (Å²) in [7, 11) is 0. The number of hydrogen-bond acceptors (Lipinski definition) is 4. The average Bonchev–Trinajstić information content (AvgIpc) is 3.08. The van der Waals surface area contributed by atoms with E-state index in [-0.39, 0.29) is 11.8 Å². The zero-order valence-electron chi connectivity index (χ0n) is 12.9. The first kappa shape index (κ1) is 15.3. The minimum atomic E-state index is 0.175. The lowest BCUT2D eigenvalue weighted by Gasteiger charge is -2.35. The minimum absolute atomic E-state index is 0.175. The molecule has 3 rings (SSSR count). The predicted octanol–water partition coefficient (Wildman–Crippen LogP) is 1.03. The van der Waals surface area contributed by atoms with Gasteiger partial charge in [-0.3, -0.25) is 9.69 Å². The summed E-state index contributed by atoms with van der Waals surface area (Å²) in [4.78, 5) is 14.7. The Balaban J connectivity index is 1.34. The zero-order chi connectivity index (χ0) is 14.5. The van der Waals surface area contributed by atoms with Crippen molar-refractivity contribution >= 4 is 5.91 Å². The summed E-state index contributed by atoms with van der Waals surface area (Å²) in [6, 6.07) is 0.641. The van der Waals surface area contributed by atoms with Gasteiger partial charge in [-0.25, -0.2) is 0 Å². The quantitative estimate of drug-likeness (QED) is 0.842. The highest BCUT2D eigenvalue weighted by atomic mass is 16.5. The number of nitrogens with one attached hydrogen (secondary N) is 1. The molecule has 3 aliphatic heterocycles. The summed E-state index contributed by atoms with van der Waals surface area (Å²) in [5.74, 6) is 1.06. The Morgan fingerprint density at radius 1 is 1.00 bits per heavy atom. The lowest BCUT2D eigenvalue weighted by atomic mass is 9.94. The Bertz CT molecular complexity index is 330. The number of carbonyl (C=O) groups excluding carboxylic acids is 1. The smallest absolute Gasteiger partial charge is 0.223 e. The van der Waals surface area contributed by atoms with E-state index in [1.54, 1.807) is 0 Å². The van der Waals surface area contributed by atoms with Gasteiger partial charge in [-0.15, -0.1) is 0 Å². The van der Waals surface area contributed by atoms with Crippen LogP contribution in [0.15, 0.2) is 0 Å². The van der Waals surface area contributed by atoms with E-state index in [1.165, 1.54) is 19.3 Å². The van der Waals surface area contributed by atoms with Gasteiger partial charge in [0.2, 0.25) is 5.91 Å². The molecule has 120 valence electrons. The van der Waals surface area contributed by atoms with Crippen LogP contribution in [0.4, 0.5) is 0 Å². The summed E-state index contributed by atoms with van der Waals surface area (Å²) >= 11 is 0. The van der Waals surface area contributed by atoms with E-state index in [2.05, 4.69) is 10.2 Å². The third-order valence-electron chi connectivity index (χ3n) is 5.23. The third kappa shape index (κ3) is 4.18.